The molecule has 0 bridgehead atoms. The van der Waals surface area contributed by atoms with Gasteiger partial charge in [0.1, 0.15) is 0 Å². The fraction of sp³-hybridized carbons (Fsp3) is 0. The fourth-order valence-electron chi connectivity index (χ4n) is 2.12. The van der Waals surface area contributed by atoms with Crippen LogP contribution in [0.1, 0.15) is 20.7 Å². The van der Waals surface area contributed by atoms with Crippen LogP contribution in [0, 0.1) is 0 Å². The van der Waals surface area contributed by atoms with Crippen LogP contribution >= 0.6 is 11.3 Å². The van der Waals surface area contributed by atoms with Gasteiger partial charge in [-0.1, -0.05) is 0 Å². The van der Waals surface area contributed by atoms with Crippen LogP contribution in [0.2, 0.25) is 0 Å². The molecule has 2 aromatic carbocycles. The maximum Gasteiger partial charge on any atom is 0.335 e. The van der Waals surface area contributed by atoms with E-state index in [1.54, 1.807) is 12.1 Å². The third-order valence-corrected chi connectivity index (χ3v) is 4.31. The van der Waals surface area contributed by atoms with Crippen LogP contribution in [-0.4, -0.2) is 22.2 Å². The summed E-state index contributed by atoms with van der Waals surface area (Å²) in [4.78, 5) is 34.4. The lowest BCUT2D eigenvalue weighted by molar-refractivity contribution is 0.0686. The normalized spacial score (nSPS) is 10.9. The van der Waals surface area contributed by atoms with Gasteiger partial charge in [-0.15, -0.1) is 11.3 Å². The van der Waals surface area contributed by atoms with Gasteiger partial charge in [0.2, 0.25) is 0 Å². The van der Waals surface area contributed by atoms with Crippen molar-refractivity contribution in [2.75, 3.05) is 0 Å². The Kier molecular flexibility index (Phi) is 2.95. The van der Waals surface area contributed by atoms with Crippen molar-refractivity contribution in [1.29, 1.82) is 0 Å². The first kappa shape index (κ1) is 13.3. The van der Waals surface area contributed by atoms with Gasteiger partial charge >= 0.3 is 11.9 Å². The van der Waals surface area contributed by atoms with Crippen LogP contribution in [0.4, 0.5) is 0 Å². The molecule has 0 unspecified atom stereocenters. The number of hydrogen-bond acceptors (Lipinski definition) is 4. The van der Waals surface area contributed by atoms with Gasteiger partial charge in [0.05, 0.1) is 11.1 Å². The topological polar surface area (TPSA) is 91.7 Å². The molecule has 0 fully saturated rings. The molecule has 0 saturated heterocycles. The van der Waals surface area contributed by atoms with Crippen molar-refractivity contribution < 1.29 is 19.8 Å². The molecule has 0 aliphatic carbocycles. The zero-order valence-corrected chi connectivity index (χ0v) is 11.3. The molecule has 0 aliphatic heterocycles. The monoisotopic (exact) mass is 300 g/mol. The lowest BCUT2D eigenvalue weighted by atomic mass is 10.1. The van der Waals surface area contributed by atoms with Crippen LogP contribution in [0.5, 0.6) is 0 Å². The molecule has 0 amide bonds. The second-order valence-electron chi connectivity index (χ2n) is 4.46. The molecular weight excluding hydrogens is 292 g/mol. The van der Waals surface area contributed by atoms with E-state index >= 15 is 0 Å². The Morgan fingerprint density at radius 1 is 0.810 bits per heavy atom. The van der Waals surface area contributed by atoms with Gasteiger partial charge in [0.25, 0.3) is 0 Å². The summed E-state index contributed by atoms with van der Waals surface area (Å²) in [7, 11) is 0. The Labute approximate surface area is 121 Å². The number of hydrogen-bond donors (Lipinski definition) is 2. The first-order valence-electron chi connectivity index (χ1n) is 5.94. The lowest BCUT2D eigenvalue weighted by Crippen LogP contribution is -2.05. The largest absolute Gasteiger partial charge is 0.478 e. The Hall–Kier alpha value is -2.73. The van der Waals surface area contributed by atoms with Crippen molar-refractivity contribution in [3.63, 3.8) is 0 Å². The highest BCUT2D eigenvalue weighted by Crippen LogP contribution is 2.26. The summed E-state index contributed by atoms with van der Waals surface area (Å²) in [6.45, 7) is 0. The van der Waals surface area contributed by atoms with E-state index in [1.807, 2.05) is 0 Å². The standard InChI is InChI=1S/C15H8O5S/c16-13-9-5-7(14(17)18)1-3-11(9)21-12-4-2-8(15(19)20)6-10(12)13/h1-6H,(H,17,18)(H,19,20). The molecule has 0 atom stereocenters. The minimum atomic E-state index is -1.11. The Balaban J connectivity index is 2.42. The van der Waals surface area contributed by atoms with Gasteiger partial charge in [-0.3, -0.25) is 4.79 Å². The SMILES string of the molecule is O=C(O)c1ccc2sc3ccc(C(=O)O)cc3c(=O)c2c1. The number of carboxylic acid groups (broad SMARTS) is 2. The minimum Gasteiger partial charge on any atom is -0.478 e. The third kappa shape index (κ3) is 2.15. The van der Waals surface area contributed by atoms with E-state index in [0.29, 0.717) is 9.40 Å². The van der Waals surface area contributed by atoms with Gasteiger partial charge in [0, 0.05) is 20.2 Å². The summed E-state index contributed by atoms with van der Waals surface area (Å²) in [6, 6.07) is 8.72. The predicted octanol–water partition coefficient (Wildman–Crippen LogP) is 2.81. The molecule has 1 aromatic heterocycles. The molecule has 21 heavy (non-hydrogen) atoms. The molecule has 3 rings (SSSR count). The number of fused-ring (bicyclic) bond motifs is 2. The zero-order valence-electron chi connectivity index (χ0n) is 10.5. The maximum absolute atomic E-state index is 12.5. The number of benzene rings is 2. The summed E-state index contributed by atoms with van der Waals surface area (Å²) in [5.41, 5.74) is -0.300. The maximum atomic E-state index is 12.5. The summed E-state index contributed by atoms with van der Waals surface area (Å²) in [5.74, 6) is -2.22. The van der Waals surface area contributed by atoms with Crippen LogP contribution in [0.15, 0.2) is 41.2 Å². The second kappa shape index (κ2) is 4.68. The molecule has 5 nitrogen and oxygen atoms in total. The highest BCUT2D eigenvalue weighted by Gasteiger charge is 2.11. The van der Waals surface area contributed by atoms with E-state index in [1.165, 1.54) is 35.6 Å². The average molecular weight is 300 g/mol. The smallest absolute Gasteiger partial charge is 0.335 e. The first-order valence-corrected chi connectivity index (χ1v) is 6.76. The molecule has 104 valence electrons. The fourth-order valence-corrected chi connectivity index (χ4v) is 3.15. The first-order chi connectivity index (χ1) is 9.97. The highest BCUT2D eigenvalue weighted by atomic mass is 32.1. The molecular formula is C15H8O5S. The number of rotatable bonds is 2. The van der Waals surface area contributed by atoms with Gasteiger partial charge < -0.3 is 10.2 Å². The van der Waals surface area contributed by atoms with E-state index in [-0.39, 0.29) is 27.3 Å². The summed E-state index contributed by atoms with van der Waals surface area (Å²) in [5, 5.41) is 18.6. The van der Waals surface area contributed by atoms with E-state index in [9.17, 15) is 14.4 Å². The number of carboxylic acids is 2. The Bertz CT molecular complexity index is 896. The third-order valence-electron chi connectivity index (χ3n) is 3.16. The zero-order chi connectivity index (χ0) is 15.1. The molecule has 3 aromatic rings. The summed E-state index contributed by atoms with van der Waals surface area (Å²) in [6.07, 6.45) is 0. The van der Waals surface area contributed by atoms with Crippen molar-refractivity contribution in [3.05, 3.63) is 57.7 Å². The van der Waals surface area contributed by atoms with Crippen LogP contribution in [0.25, 0.3) is 20.2 Å². The average Bonchev–Trinajstić information content (AvgIpc) is 2.46. The van der Waals surface area contributed by atoms with Crippen LogP contribution in [-0.2, 0) is 0 Å². The van der Waals surface area contributed by atoms with Crippen molar-refractivity contribution in [1.82, 2.24) is 0 Å². The minimum absolute atomic E-state index is 0.0283. The number of aromatic carboxylic acids is 2. The predicted molar refractivity (Wildman–Crippen MR) is 79.5 cm³/mol. The molecule has 0 radical (unpaired) electrons. The van der Waals surface area contributed by atoms with Crippen molar-refractivity contribution in [2.24, 2.45) is 0 Å². The Morgan fingerprint density at radius 2 is 1.24 bits per heavy atom. The van der Waals surface area contributed by atoms with Crippen LogP contribution < -0.4 is 5.43 Å². The van der Waals surface area contributed by atoms with Crippen molar-refractivity contribution >= 4 is 43.4 Å². The lowest BCUT2D eigenvalue weighted by Gasteiger charge is -2.03. The highest BCUT2D eigenvalue weighted by molar-refractivity contribution is 7.24. The van der Waals surface area contributed by atoms with Crippen molar-refractivity contribution in [3.8, 4) is 0 Å². The van der Waals surface area contributed by atoms with E-state index < -0.39 is 11.9 Å². The molecule has 0 saturated carbocycles. The molecule has 0 spiro atoms. The van der Waals surface area contributed by atoms with Gasteiger partial charge in [-0.2, -0.15) is 0 Å². The molecule has 2 N–H and O–H groups in total. The number of carbonyl (C=O) groups is 2. The molecule has 0 aliphatic rings. The quantitative estimate of drug-likeness (QED) is 0.710. The van der Waals surface area contributed by atoms with E-state index in [4.69, 9.17) is 10.2 Å². The summed E-state index contributed by atoms with van der Waals surface area (Å²) < 4.78 is 1.33. The molecule has 1 heterocycles. The van der Waals surface area contributed by atoms with Crippen molar-refractivity contribution in [2.45, 2.75) is 0 Å². The van der Waals surface area contributed by atoms with Gasteiger partial charge in [-0.05, 0) is 36.4 Å². The second-order valence-corrected chi connectivity index (χ2v) is 5.55. The van der Waals surface area contributed by atoms with Gasteiger partial charge in [0.15, 0.2) is 5.43 Å². The van der Waals surface area contributed by atoms with Crippen LogP contribution in [0.3, 0.4) is 0 Å². The van der Waals surface area contributed by atoms with E-state index in [0.717, 1.165) is 0 Å². The van der Waals surface area contributed by atoms with E-state index in [2.05, 4.69) is 0 Å². The molecule has 6 heteroatoms. The summed E-state index contributed by atoms with van der Waals surface area (Å²) >= 11 is 1.32. The Morgan fingerprint density at radius 3 is 1.62 bits per heavy atom. The van der Waals surface area contributed by atoms with Gasteiger partial charge in [-0.25, -0.2) is 9.59 Å².